The van der Waals surface area contributed by atoms with Gasteiger partial charge in [-0.2, -0.15) is 0 Å². The average molecular weight is 393 g/mol. The van der Waals surface area contributed by atoms with Crippen LogP contribution in [0.15, 0.2) is 30.3 Å². The van der Waals surface area contributed by atoms with Crippen molar-refractivity contribution in [3.05, 3.63) is 41.6 Å². The molecule has 1 aromatic carbocycles. The van der Waals surface area contributed by atoms with Crippen molar-refractivity contribution in [3.63, 3.8) is 0 Å². The van der Waals surface area contributed by atoms with Gasteiger partial charge >= 0.3 is 0 Å². The van der Waals surface area contributed by atoms with Crippen LogP contribution in [0.5, 0.6) is 0 Å². The summed E-state index contributed by atoms with van der Waals surface area (Å²) >= 11 is 0. The lowest BCUT2D eigenvalue weighted by atomic mass is 9.94. The first kappa shape index (κ1) is 19.4. The zero-order valence-electron chi connectivity index (χ0n) is 16.5. The standard InChI is InChI=1S/C22H27N5O2/c23-20(28)15-8-10-16(11-9-15)22-25-18(21(24)29)12-19(26-22)27(13-14-6-7-14)17-4-2-1-3-5-17/h8-12,14,17H,1-7,13H2,(H2,23,28)(H2,24,29). The summed E-state index contributed by atoms with van der Waals surface area (Å²) in [7, 11) is 0. The molecule has 7 heteroatoms. The molecular weight excluding hydrogens is 366 g/mol. The third kappa shape index (κ3) is 4.55. The third-order valence-electron chi connectivity index (χ3n) is 5.85. The van der Waals surface area contributed by atoms with Crippen LogP contribution in [-0.4, -0.2) is 34.4 Å². The van der Waals surface area contributed by atoms with Crippen LogP contribution in [0.25, 0.3) is 11.4 Å². The van der Waals surface area contributed by atoms with Crippen LogP contribution in [0.4, 0.5) is 5.82 Å². The van der Waals surface area contributed by atoms with E-state index in [-0.39, 0.29) is 5.69 Å². The molecule has 152 valence electrons. The van der Waals surface area contributed by atoms with Crippen LogP contribution >= 0.6 is 0 Å². The predicted octanol–water partition coefficient (Wildman–Crippen LogP) is 2.89. The van der Waals surface area contributed by atoms with Crippen molar-refractivity contribution in [1.82, 2.24) is 9.97 Å². The number of nitrogens with two attached hydrogens (primary N) is 2. The van der Waals surface area contributed by atoms with Crippen molar-refractivity contribution in [2.45, 2.75) is 51.0 Å². The van der Waals surface area contributed by atoms with Crippen LogP contribution in [-0.2, 0) is 0 Å². The summed E-state index contributed by atoms with van der Waals surface area (Å²) in [6, 6.07) is 8.93. The molecule has 2 aliphatic carbocycles. The zero-order valence-corrected chi connectivity index (χ0v) is 16.5. The Hall–Kier alpha value is -2.96. The molecule has 0 radical (unpaired) electrons. The van der Waals surface area contributed by atoms with Gasteiger partial charge in [0, 0.05) is 29.8 Å². The van der Waals surface area contributed by atoms with Crippen molar-refractivity contribution < 1.29 is 9.59 Å². The van der Waals surface area contributed by atoms with Gasteiger partial charge in [0.2, 0.25) is 5.91 Å². The lowest BCUT2D eigenvalue weighted by Crippen LogP contribution is -2.39. The highest BCUT2D eigenvalue weighted by atomic mass is 16.1. The maximum absolute atomic E-state index is 12.0. The fourth-order valence-electron chi connectivity index (χ4n) is 4.02. The van der Waals surface area contributed by atoms with Gasteiger partial charge in [-0.1, -0.05) is 31.4 Å². The van der Waals surface area contributed by atoms with Gasteiger partial charge in [0.05, 0.1) is 0 Å². The maximum Gasteiger partial charge on any atom is 0.267 e. The van der Waals surface area contributed by atoms with E-state index in [0.29, 0.717) is 23.3 Å². The third-order valence-corrected chi connectivity index (χ3v) is 5.85. The monoisotopic (exact) mass is 393 g/mol. The van der Waals surface area contributed by atoms with Crippen LogP contribution in [0.2, 0.25) is 0 Å². The molecule has 4 N–H and O–H groups in total. The minimum atomic E-state index is -0.571. The van der Waals surface area contributed by atoms with E-state index in [1.54, 1.807) is 30.3 Å². The number of nitrogens with zero attached hydrogens (tertiary/aromatic N) is 3. The van der Waals surface area contributed by atoms with Gasteiger partial charge in [-0.15, -0.1) is 0 Å². The molecular formula is C22H27N5O2. The molecule has 0 bridgehead atoms. The largest absolute Gasteiger partial charge is 0.366 e. The summed E-state index contributed by atoms with van der Waals surface area (Å²) in [6.45, 7) is 0.958. The van der Waals surface area contributed by atoms with E-state index in [0.717, 1.165) is 30.8 Å². The highest BCUT2D eigenvalue weighted by Gasteiger charge is 2.30. The zero-order chi connectivity index (χ0) is 20.4. The van der Waals surface area contributed by atoms with Crippen LogP contribution in [0.3, 0.4) is 0 Å². The molecule has 1 aromatic heterocycles. The van der Waals surface area contributed by atoms with Gasteiger partial charge in [-0.25, -0.2) is 9.97 Å². The topological polar surface area (TPSA) is 115 Å². The van der Waals surface area contributed by atoms with Crippen molar-refractivity contribution in [2.24, 2.45) is 17.4 Å². The Morgan fingerprint density at radius 2 is 1.62 bits per heavy atom. The van der Waals surface area contributed by atoms with E-state index in [4.69, 9.17) is 16.5 Å². The van der Waals surface area contributed by atoms with E-state index >= 15 is 0 Å². The van der Waals surface area contributed by atoms with E-state index < -0.39 is 11.8 Å². The normalized spacial score (nSPS) is 17.1. The molecule has 7 nitrogen and oxygen atoms in total. The van der Waals surface area contributed by atoms with Crippen LogP contribution in [0, 0.1) is 5.92 Å². The fourth-order valence-corrected chi connectivity index (χ4v) is 4.02. The Morgan fingerprint density at radius 1 is 0.931 bits per heavy atom. The summed E-state index contributed by atoms with van der Waals surface area (Å²) in [4.78, 5) is 34.9. The molecule has 1 heterocycles. The van der Waals surface area contributed by atoms with Gasteiger partial charge in [-0.3, -0.25) is 9.59 Å². The summed E-state index contributed by atoms with van der Waals surface area (Å²) in [5.41, 5.74) is 12.2. The van der Waals surface area contributed by atoms with Gasteiger partial charge in [0.25, 0.3) is 5.91 Å². The van der Waals surface area contributed by atoms with E-state index in [2.05, 4.69) is 9.88 Å². The summed E-state index contributed by atoms with van der Waals surface area (Å²) in [5.74, 6) is 0.836. The van der Waals surface area contributed by atoms with Crippen molar-refractivity contribution in [3.8, 4) is 11.4 Å². The number of hydrogen-bond acceptors (Lipinski definition) is 5. The molecule has 0 atom stereocenters. The summed E-state index contributed by atoms with van der Waals surface area (Å²) in [5, 5.41) is 0. The quantitative estimate of drug-likeness (QED) is 0.750. The molecule has 0 aliphatic heterocycles. The Kier molecular flexibility index (Phi) is 5.47. The Labute approximate surface area is 170 Å². The number of anilines is 1. The number of carbonyl (C=O) groups excluding carboxylic acids is 2. The molecule has 0 unspecified atom stereocenters. The van der Waals surface area contributed by atoms with Gasteiger partial charge in [0.1, 0.15) is 11.5 Å². The van der Waals surface area contributed by atoms with Crippen molar-refractivity contribution >= 4 is 17.6 Å². The average Bonchev–Trinajstić information content (AvgIpc) is 3.56. The molecule has 0 spiro atoms. The van der Waals surface area contributed by atoms with Crippen LogP contribution in [0.1, 0.15) is 65.8 Å². The minimum absolute atomic E-state index is 0.209. The first-order chi connectivity index (χ1) is 14.0. The van der Waals surface area contributed by atoms with E-state index in [1.807, 2.05) is 0 Å². The highest BCUT2D eigenvalue weighted by molar-refractivity contribution is 5.93. The Bertz CT molecular complexity index is 902. The van der Waals surface area contributed by atoms with E-state index in [9.17, 15) is 9.59 Å². The van der Waals surface area contributed by atoms with E-state index in [1.165, 1.54) is 32.1 Å². The first-order valence-electron chi connectivity index (χ1n) is 10.4. The molecule has 2 aromatic rings. The number of rotatable bonds is 7. The Morgan fingerprint density at radius 3 is 2.21 bits per heavy atom. The fraction of sp³-hybridized carbons (Fsp3) is 0.455. The first-order valence-corrected chi connectivity index (χ1v) is 10.4. The maximum atomic E-state index is 12.0. The lowest BCUT2D eigenvalue weighted by Gasteiger charge is -2.35. The van der Waals surface area contributed by atoms with Crippen molar-refractivity contribution in [1.29, 1.82) is 0 Å². The molecule has 2 amide bonds. The molecule has 2 aliphatic rings. The SMILES string of the molecule is NC(=O)c1ccc(-c2nc(C(N)=O)cc(N(CC3CC3)C3CCCCC3)n2)cc1. The summed E-state index contributed by atoms with van der Waals surface area (Å²) < 4.78 is 0. The van der Waals surface area contributed by atoms with Gasteiger partial charge in [-0.05, 0) is 43.7 Å². The molecule has 0 saturated heterocycles. The van der Waals surface area contributed by atoms with Gasteiger partial charge < -0.3 is 16.4 Å². The second kappa shape index (κ2) is 8.19. The minimum Gasteiger partial charge on any atom is -0.366 e. The molecule has 2 fully saturated rings. The number of hydrogen-bond donors (Lipinski definition) is 2. The number of amides is 2. The number of carbonyl (C=O) groups is 2. The second-order valence-corrected chi connectivity index (χ2v) is 8.13. The summed E-state index contributed by atoms with van der Waals surface area (Å²) in [6.07, 6.45) is 8.51. The van der Waals surface area contributed by atoms with Crippen molar-refractivity contribution in [2.75, 3.05) is 11.4 Å². The smallest absolute Gasteiger partial charge is 0.267 e. The number of primary amides is 2. The number of benzene rings is 1. The second-order valence-electron chi connectivity index (χ2n) is 8.13. The molecule has 4 rings (SSSR count). The van der Waals surface area contributed by atoms with Crippen LogP contribution < -0.4 is 16.4 Å². The molecule has 2 saturated carbocycles. The Balaban J connectivity index is 1.72. The highest BCUT2D eigenvalue weighted by Crippen LogP contribution is 2.35. The number of aromatic nitrogens is 2. The van der Waals surface area contributed by atoms with Gasteiger partial charge in [0.15, 0.2) is 5.82 Å². The molecule has 29 heavy (non-hydrogen) atoms. The predicted molar refractivity (Wildman–Crippen MR) is 111 cm³/mol. The lowest BCUT2D eigenvalue weighted by molar-refractivity contribution is 0.0989.